The van der Waals surface area contributed by atoms with Crippen LogP contribution in [0.25, 0.3) is 0 Å². The number of ether oxygens (including phenoxy) is 1. The Morgan fingerprint density at radius 2 is 2.12 bits per heavy atom. The van der Waals surface area contributed by atoms with Gasteiger partial charge in [-0.2, -0.15) is 0 Å². The third kappa shape index (κ3) is 8.68. The molecule has 0 aromatic rings. The van der Waals surface area contributed by atoms with E-state index in [0.29, 0.717) is 12.9 Å². The van der Waals surface area contributed by atoms with E-state index in [1.54, 1.807) is 0 Å². The number of hydrogen-bond donors (Lipinski definition) is 1. The molecule has 1 N–H and O–H groups in total. The highest BCUT2D eigenvalue weighted by Crippen LogP contribution is 2.17. The van der Waals surface area contributed by atoms with Gasteiger partial charge < -0.3 is 14.7 Å². The van der Waals surface area contributed by atoms with E-state index in [-0.39, 0.29) is 11.6 Å². The maximum atomic E-state index is 10.3. The van der Waals surface area contributed by atoms with Crippen LogP contribution in [-0.4, -0.2) is 47.7 Å². The summed E-state index contributed by atoms with van der Waals surface area (Å²) in [4.78, 5) is 22.0. The molecular formula is C12H23NO4. The maximum Gasteiger partial charge on any atom is 0.304 e. The van der Waals surface area contributed by atoms with E-state index in [9.17, 15) is 9.59 Å². The lowest BCUT2D eigenvalue weighted by Gasteiger charge is -2.16. The summed E-state index contributed by atoms with van der Waals surface area (Å²) in [6, 6.07) is 0.289. The largest absolute Gasteiger partial charge is 0.481 e. The van der Waals surface area contributed by atoms with Crippen molar-refractivity contribution in [1.82, 2.24) is 4.90 Å². The van der Waals surface area contributed by atoms with Crippen molar-refractivity contribution in [2.75, 3.05) is 13.6 Å². The highest BCUT2D eigenvalue weighted by Gasteiger charge is 2.22. The second-order valence-corrected chi connectivity index (χ2v) is 5.20. The van der Waals surface area contributed by atoms with Gasteiger partial charge in [0, 0.05) is 6.04 Å². The summed E-state index contributed by atoms with van der Waals surface area (Å²) >= 11 is 0. The minimum Gasteiger partial charge on any atom is -0.481 e. The molecule has 0 aliphatic carbocycles. The minimum absolute atomic E-state index is 0.289. The van der Waals surface area contributed by atoms with E-state index >= 15 is 0 Å². The van der Waals surface area contributed by atoms with Crippen molar-refractivity contribution in [2.45, 2.75) is 51.7 Å². The van der Waals surface area contributed by atoms with Gasteiger partial charge in [0.15, 0.2) is 0 Å². The zero-order chi connectivity index (χ0) is 13.5. The molecule has 1 heterocycles. The van der Waals surface area contributed by atoms with Crippen molar-refractivity contribution in [1.29, 1.82) is 0 Å². The SMILES string of the molecule is CC(C)(C)OC=O.CN1CCCC1CC(=O)O. The van der Waals surface area contributed by atoms with Crippen LogP contribution in [-0.2, 0) is 14.3 Å². The average molecular weight is 245 g/mol. The molecule has 0 aromatic heterocycles. The summed E-state index contributed by atoms with van der Waals surface area (Å²) in [5.41, 5.74) is -0.318. The molecule has 1 atom stereocenters. The molecule has 0 amide bonds. The molecular weight excluding hydrogens is 222 g/mol. The standard InChI is InChI=1S/C7H13NO2.C5H10O2/c1-8-4-2-3-6(8)5-7(9)10;1-5(2,3)7-4-6/h6H,2-5H2,1H3,(H,9,10);4H,1-3H3. The van der Waals surface area contributed by atoms with Crippen LogP contribution in [0.1, 0.15) is 40.0 Å². The summed E-state index contributed by atoms with van der Waals surface area (Å²) in [6.45, 7) is 6.97. The van der Waals surface area contributed by atoms with Gasteiger partial charge >= 0.3 is 5.97 Å². The third-order valence-electron chi connectivity index (χ3n) is 2.48. The maximum absolute atomic E-state index is 10.3. The Bertz CT molecular complexity index is 247. The average Bonchev–Trinajstić information content (AvgIpc) is 2.49. The lowest BCUT2D eigenvalue weighted by atomic mass is 10.1. The lowest BCUT2D eigenvalue weighted by molar-refractivity contribution is -0.139. The number of carbonyl (C=O) groups is 2. The molecule has 0 saturated carbocycles. The molecule has 1 rings (SSSR count). The lowest BCUT2D eigenvalue weighted by Crippen LogP contribution is -2.27. The topological polar surface area (TPSA) is 66.8 Å². The van der Waals surface area contributed by atoms with Gasteiger partial charge in [-0.25, -0.2) is 0 Å². The van der Waals surface area contributed by atoms with Crippen molar-refractivity contribution in [3.8, 4) is 0 Å². The highest BCUT2D eigenvalue weighted by molar-refractivity contribution is 5.67. The Hall–Kier alpha value is -1.10. The molecule has 1 fully saturated rings. The molecule has 1 aliphatic rings. The Balaban J connectivity index is 0.000000325. The fourth-order valence-corrected chi connectivity index (χ4v) is 1.58. The van der Waals surface area contributed by atoms with Crippen LogP contribution in [0, 0.1) is 0 Å². The molecule has 1 saturated heterocycles. The summed E-state index contributed by atoms with van der Waals surface area (Å²) in [7, 11) is 1.99. The number of carboxylic acid groups (broad SMARTS) is 1. The zero-order valence-electron chi connectivity index (χ0n) is 11.1. The summed E-state index contributed by atoms with van der Waals surface area (Å²) in [6.07, 6.45) is 2.49. The molecule has 5 nitrogen and oxygen atoms in total. The Morgan fingerprint density at radius 1 is 1.53 bits per heavy atom. The van der Waals surface area contributed by atoms with Crippen molar-refractivity contribution < 1.29 is 19.4 Å². The third-order valence-corrected chi connectivity index (χ3v) is 2.48. The van der Waals surface area contributed by atoms with Gasteiger partial charge in [0.1, 0.15) is 5.60 Å². The molecule has 1 unspecified atom stereocenters. The van der Waals surface area contributed by atoms with Crippen molar-refractivity contribution >= 4 is 12.4 Å². The van der Waals surface area contributed by atoms with Gasteiger partial charge in [0.25, 0.3) is 6.47 Å². The van der Waals surface area contributed by atoms with Gasteiger partial charge in [-0.3, -0.25) is 9.59 Å². The van der Waals surface area contributed by atoms with E-state index in [0.717, 1.165) is 19.4 Å². The zero-order valence-corrected chi connectivity index (χ0v) is 11.1. The quantitative estimate of drug-likeness (QED) is 0.763. The smallest absolute Gasteiger partial charge is 0.304 e. The number of likely N-dealkylation sites (tertiary alicyclic amines) is 1. The molecule has 5 heteroatoms. The van der Waals surface area contributed by atoms with E-state index in [1.807, 2.05) is 27.8 Å². The Morgan fingerprint density at radius 3 is 2.35 bits per heavy atom. The molecule has 0 aromatic carbocycles. The molecule has 0 bridgehead atoms. The predicted molar refractivity (Wildman–Crippen MR) is 64.8 cm³/mol. The van der Waals surface area contributed by atoms with E-state index in [4.69, 9.17) is 5.11 Å². The first-order chi connectivity index (χ1) is 7.76. The second-order valence-electron chi connectivity index (χ2n) is 5.20. The fraction of sp³-hybridized carbons (Fsp3) is 0.833. The van der Waals surface area contributed by atoms with Crippen LogP contribution in [0.2, 0.25) is 0 Å². The van der Waals surface area contributed by atoms with E-state index < -0.39 is 5.97 Å². The highest BCUT2D eigenvalue weighted by atomic mass is 16.5. The van der Waals surface area contributed by atoms with Gasteiger partial charge in [-0.05, 0) is 47.2 Å². The van der Waals surface area contributed by atoms with Crippen LogP contribution in [0.4, 0.5) is 0 Å². The van der Waals surface area contributed by atoms with E-state index in [1.165, 1.54) is 0 Å². The Labute approximate surface area is 103 Å². The first-order valence-electron chi connectivity index (χ1n) is 5.79. The van der Waals surface area contributed by atoms with E-state index in [2.05, 4.69) is 9.64 Å². The fourth-order valence-electron chi connectivity index (χ4n) is 1.58. The van der Waals surface area contributed by atoms with Gasteiger partial charge in [0.05, 0.1) is 6.42 Å². The van der Waals surface area contributed by atoms with Gasteiger partial charge in [0.2, 0.25) is 0 Å². The van der Waals surface area contributed by atoms with Crippen LogP contribution >= 0.6 is 0 Å². The monoisotopic (exact) mass is 245 g/mol. The number of carboxylic acids is 1. The van der Waals surface area contributed by atoms with Gasteiger partial charge in [-0.15, -0.1) is 0 Å². The summed E-state index contributed by atoms with van der Waals surface area (Å²) in [5.74, 6) is -0.682. The van der Waals surface area contributed by atoms with Crippen LogP contribution < -0.4 is 0 Å². The first-order valence-corrected chi connectivity index (χ1v) is 5.79. The molecule has 100 valence electrons. The Kier molecular flexibility index (Phi) is 6.80. The number of hydrogen-bond acceptors (Lipinski definition) is 4. The molecule has 0 radical (unpaired) electrons. The minimum atomic E-state index is -0.682. The first kappa shape index (κ1) is 15.9. The van der Waals surface area contributed by atoms with Crippen molar-refractivity contribution in [3.05, 3.63) is 0 Å². The number of nitrogens with zero attached hydrogens (tertiary/aromatic N) is 1. The molecule has 17 heavy (non-hydrogen) atoms. The summed E-state index contributed by atoms with van der Waals surface area (Å²) in [5, 5.41) is 8.46. The predicted octanol–water partition coefficient (Wildman–Crippen LogP) is 1.51. The number of aliphatic carboxylic acids is 1. The number of rotatable bonds is 3. The van der Waals surface area contributed by atoms with Gasteiger partial charge in [-0.1, -0.05) is 0 Å². The number of carbonyl (C=O) groups excluding carboxylic acids is 1. The normalized spacial score (nSPS) is 20.4. The second kappa shape index (κ2) is 7.27. The van der Waals surface area contributed by atoms with Crippen LogP contribution in [0.3, 0.4) is 0 Å². The summed E-state index contributed by atoms with van der Waals surface area (Å²) < 4.78 is 4.55. The molecule has 1 aliphatic heterocycles. The van der Waals surface area contributed by atoms with Crippen molar-refractivity contribution in [3.63, 3.8) is 0 Å². The van der Waals surface area contributed by atoms with Crippen LogP contribution in [0.5, 0.6) is 0 Å². The molecule has 0 spiro atoms. The van der Waals surface area contributed by atoms with Crippen LogP contribution in [0.15, 0.2) is 0 Å². The van der Waals surface area contributed by atoms with Crippen molar-refractivity contribution in [2.24, 2.45) is 0 Å².